The van der Waals surface area contributed by atoms with Gasteiger partial charge in [-0.2, -0.15) is 0 Å². The van der Waals surface area contributed by atoms with Gasteiger partial charge in [-0.3, -0.25) is 29.8 Å². The van der Waals surface area contributed by atoms with E-state index in [1.165, 1.54) is 4.90 Å². The lowest BCUT2D eigenvalue weighted by Gasteiger charge is -2.24. The Morgan fingerprint density at radius 1 is 1.19 bits per heavy atom. The van der Waals surface area contributed by atoms with Crippen molar-refractivity contribution in [3.8, 4) is 0 Å². The number of hydrogen-bond donors (Lipinski definition) is 1. The summed E-state index contributed by atoms with van der Waals surface area (Å²) in [5.41, 5.74) is -1.24. The number of nitrogens with zero attached hydrogens (tertiary/aromatic N) is 3. The molecule has 140 valence electrons. The highest BCUT2D eigenvalue weighted by Gasteiger charge is 2.35. The molecule has 1 aliphatic rings. The van der Waals surface area contributed by atoms with Crippen LogP contribution in [-0.2, 0) is 4.79 Å². The smallest absolute Gasteiger partial charge is 0.277 e. The number of amides is 2. The van der Waals surface area contributed by atoms with Crippen molar-refractivity contribution in [1.82, 2.24) is 10.2 Å². The maximum atomic E-state index is 12.7. The third-order valence-corrected chi connectivity index (χ3v) is 4.22. The van der Waals surface area contributed by atoms with Crippen LogP contribution in [0.2, 0.25) is 0 Å². The van der Waals surface area contributed by atoms with E-state index < -0.39 is 33.2 Å². The molecule has 1 unspecified atom stereocenters. The summed E-state index contributed by atoms with van der Waals surface area (Å²) >= 11 is 0. The summed E-state index contributed by atoms with van der Waals surface area (Å²) in [5.74, 6) is -0.894. The van der Waals surface area contributed by atoms with Crippen molar-refractivity contribution >= 4 is 23.2 Å². The molecule has 1 aromatic rings. The minimum Gasteiger partial charge on any atom is -0.354 e. The van der Waals surface area contributed by atoms with Gasteiger partial charge in [0.15, 0.2) is 0 Å². The van der Waals surface area contributed by atoms with Crippen LogP contribution in [0.1, 0.15) is 43.0 Å². The Labute approximate surface area is 149 Å². The molecule has 1 N–H and O–H groups in total. The fourth-order valence-electron chi connectivity index (χ4n) is 2.88. The second-order valence-electron chi connectivity index (χ2n) is 6.05. The van der Waals surface area contributed by atoms with E-state index >= 15 is 0 Å². The average Bonchev–Trinajstić information content (AvgIpc) is 3.10. The number of nitrogens with one attached hydrogen (secondary N) is 1. The summed E-state index contributed by atoms with van der Waals surface area (Å²) < 4.78 is 0. The number of rotatable bonds is 7. The van der Waals surface area contributed by atoms with Crippen LogP contribution in [0.15, 0.2) is 18.2 Å². The summed E-state index contributed by atoms with van der Waals surface area (Å²) in [4.78, 5) is 46.8. The molecular formula is C16H20N4O6. The predicted octanol–water partition coefficient (Wildman–Crippen LogP) is 2.02. The monoisotopic (exact) mass is 364 g/mol. The molecule has 0 radical (unpaired) electrons. The number of benzene rings is 1. The van der Waals surface area contributed by atoms with Crippen molar-refractivity contribution in [3.63, 3.8) is 0 Å². The highest BCUT2D eigenvalue weighted by molar-refractivity contribution is 5.99. The van der Waals surface area contributed by atoms with E-state index in [0.29, 0.717) is 25.9 Å². The molecule has 0 aliphatic carbocycles. The van der Waals surface area contributed by atoms with Crippen molar-refractivity contribution in [2.24, 2.45) is 0 Å². The lowest BCUT2D eigenvalue weighted by Crippen LogP contribution is -2.46. The van der Waals surface area contributed by atoms with E-state index in [2.05, 4.69) is 5.32 Å². The van der Waals surface area contributed by atoms with Crippen molar-refractivity contribution in [2.45, 2.75) is 38.6 Å². The van der Waals surface area contributed by atoms with E-state index in [1.54, 1.807) is 0 Å². The molecular weight excluding hydrogens is 344 g/mol. The van der Waals surface area contributed by atoms with Gasteiger partial charge in [0.25, 0.3) is 17.3 Å². The van der Waals surface area contributed by atoms with Crippen LogP contribution in [0.25, 0.3) is 0 Å². The number of nitro benzene ring substituents is 2. The molecule has 1 aromatic carbocycles. The fourth-order valence-corrected chi connectivity index (χ4v) is 2.88. The van der Waals surface area contributed by atoms with Crippen molar-refractivity contribution in [2.75, 3.05) is 13.1 Å². The minimum absolute atomic E-state index is 0.167. The number of unbranched alkanes of at least 4 members (excludes halogenated alkanes) is 1. The predicted molar refractivity (Wildman–Crippen MR) is 91.7 cm³/mol. The molecule has 1 saturated heterocycles. The topological polar surface area (TPSA) is 136 Å². The van der Waals surface area contributed by atoms with Gasteiger partial charge in [0.05, 0.1) is 21.5 Å². The third kappa shape index (κ3) is 4.32. The minimum atomic E-state index is -0.789. The Kier molecular flexibility index (Phi) is 6.21. The van der Waals surface area contributed by atoms with Gasteiger partial charge in [-0.1, -0.05) is 13.3 Å². The van der Waals surface area contributed by atoms with Gasteiger partial charge >= 0.3 is 0 Å². The zero-order valence-electron chi connectivity index (χ0n) is 14.3. The first-order valence-electron chi connectivity index (χ1n) is 8.37. The lowest BCUT2D eigenvalue weighted by molar-refractivity contribution is -0.394. The molecule has 0 spiro atoms. The highest BCUT2D eigenvalue weighted by Crippen LogP contribution is 2.26. The molecule has 10 nitrogen and oxygen atoms in total. The first kappa shape index (κ1) is 19.3. The van der Waals surface area contributed by atoms with Crippen LogP contribution in [0.3, 0.4) is 0 Å². The van der Waals surface area contributed by atoms with Crippen LogP contribution in [-0.4, -0.2) is 45.7 Å². The summed E-state index contributed by atoms with van der Waals surface area (Å²) in [7, 11) is 0. The van der Waals surface area contributed by atoms with E-state index in [1.807, 2.05) is 6.92 Å². The molecule has 10 heteroatoms. The van der Waals surface area contributed by atoms with E-state index in [9.17, 15) is 29.8 Å². The van der Waals surface area contributed by atoms with E-state index in [4.69, 9.17) is 0 Å². The van der Waals surface area contributed by atoms with Gasteiger partial charge in [0.1, 0.15) is 6.04 Å². The Hall–Kier alpha value is -3.04. The summed E-state index contributed by atoms with van der Waals surface area (Å²) in [6.07, 6.45) is 2.85. The lowest BCUT2D eigenvalue weighted by atomic mass is 10.1. The quantitative estimate of drug-likeness (QED) is 0.446. The van der Waals surface area contributed by atoms with Crippen LogP contribution < -0.4 is 5.32 Å². The largest absolute Gasteiger partial charge is 0.354 e. The molecule has 0 bridgehead atoms. The van der Waals surface area contributed by atoms with Crippen molar-refractivity contribution in [1.29, 1.82) is 0 Å². The van der Waals surface area contributed by atoms with Crippen molar-refractivity contribution < 1.29 is 19.4 Å². The van der Waals surface area contributed by atoms with Gasteiger partial charge in [-0.05, 0) is 19.3 Å². The van der Waals surface area contributed by atoms with Crippen molar-refractivity contribution in [3.05, 3.63) is 44.0 Å². The number of hydrogen-bond acceptors (Lipinski definition) is 6. The Morgan fingerprint density at radius 3 is 2.35 bits per heavy atom. The normalized spacial score (nSPS) is 16.3. The Morgan fingerprint density at radius 2 is 1.81 bits per heavy atom. The molecule has 2 amide bonds. The first-order valence-corrected chi connectivity index (χ1v) is 8.37. The SMILES string of the molecule is CCCCNC(=O)C1CCCN1C(=O)c1cc([N+](=O)[O-])cc([N+](=O)[O-])c1. The number of non-ortho nitro benzene ring substituents is 2. The van der Waals surface area contributed by atoms with Crippen LogP contribution >= 0.6 is 0 Å². The summed E-state index contributed by atoms with van der Waals surface area (Å²) in [6, 6.07) is 2.13. The molecule has 26 heavy (non-hydrogen) atoms. The first-order chi connectivity index (χ1) is 12.3. The van der Waals surface area contributed by atoms with Gasteiger partial charge in [-0.15, -0.1) is 0 Å². The van der Waals surface area contributed by atoms with Crippen LogP contribution in [0.4, 0.5) is 11.4 Å². The molecule has 1 heterocycles. The fraction of sp³-hybridized carbons (Fsp3) is 0.500. The molecule has 1 atom stereocenters. The van der Waals surface area contributed by atoms with E-state index in [0.717, 1.165) is 31.0 Å². The summed E-state index contributed by atoms with van der Waals surface area (Å²) in [5, 5.41) is 24.7. The van der Waals surface area contributed by atoms with E-state index in [-0.39, 0.29) is 11.5 Å². The van der Waals surface area contributed by atoms with Crippen LogP contribution in [0, 0.1) is 20.2 Å². The zero-order valence-corrected chi connectivity index (χ0v) is 14.3. The Bertz CT molecular complexity index is 703. The second kappa shape index (κ2) is 8.37. The zero-order chi connectivity index (χ0) is 19.3. The average molecular weight is 364 g/mol. The maximum Gasteiger partial charge on any atom is 0.277 e. The highest BCUT2D eigenvalue weighted by atomic mass is 16.6. The van der Waals surface area contributed by atoms with Gasteiger partial charge in [0, 0.05) is 25.2 Å². The van der Waals surface area contributed by atoms with Gasteiger partial charge in [-0.25, -0.2) is 0 Å². The number of carbonyl (C=O) groups is 2. The standard InChI is InChI=1S/C16H20N4O6/c1-2-3-6-17-15(21)14-5-4-7-18(14)16(22)11-8-12(19(23)24)10-13(9-11)20(25)26/h8-10,14H,2-7H2,1H3,(H,17,21). The van der Waals surface area contributed by atoms with Gasteiger partial charge in [0.2, 0.25) is 5.91 Å². The number of nitro groups is 2. The number of likely N-dealkylation sites (tertiary alicyclic amines) is 1. The third-order valence-electron chi connectivity index (χ3n) is 4.22. The maximum absolute atomic E-state index is 12.7. The summed E-state index contributed by atoms with van der Waals surface area (Å²) in [6.45, 7) is 2.82. The molecule has 1 fully saturated rings. The molecule has 1 aliphatic heterocycles. The Balaban J connectivity index is 2.25. The molecule has 0 aromatic heterocycles. The second-order valence-corrected chi connectivity index (χ2v) is 6.05. The van der Waals surface area contributed by atoms with Crippen LogP contribution in [0.5, 0.6) is 0 Å². The number of carbonyl (C=O) groups excluding carboxylic acids is 2. The molecule has 0 saturated carbocycles. The molecule has 2 rings (SSSR count). The van der Waals surface area contributed by atoms with Gasteiger partial charge < -0.3 is 10.2 Å².